The Morgan fingerprint density at radius 3 is 2.95 bits per heavy atom. The van der Waals surface area contributed by atoms with Gasteiger partial charge in [0.05, 0.1) is 18.3 Å². The van der Waals surface area contributed by atoms with E-state index in [0.717, 1.165) is 35.7 Å². The maximum absolute atomic E-state index is 12.2. The van der Waals surface area contributed by atoms with Crippen LogP contribution in [0.2, 0.25) is 0 Å². The van der Waals surface area contributed by atoms with Crippen LogP contribution in [0, 0.1) is 0 Å². The minimum Gasteiger partial charge on any atom is -0.368 e. The van der Waals surface area contributed by atoms with Crippen LogP contribution in [0.1, 0.15) is 12.8 Å². The summed E-state index contributed by atoms with van der Waals surface area (Å²) in [7, 11) is 0. The molecule has 0 radical (unpaired) electrons. The van der Waals surface area contributed by atoms with Crippen molar-refractivity contribution in [1.29, 1.82) is 0 Å². The van der Waals surface area contributed by atoms with Crippen molar-refractivity contribution in [3.05, 3.63) is 36.9 Å². The summed E-state index contributed by atoms with van der Waals surface area (Å²) in [6, 6.07) is 7.33. The molecule has 1 saturated heterocycles. The molecular formula is C16H21N3O2S. The van der Waals surface area contributed by atoms with Crippen LogP contribution in [0.3, 0.4) is 0 Å². The van der Waals surface area contributed by atoms with E-state index < -0.39 is 0 Å². The van der Waals surface area contributed by atoms with E-state index in [4.69, 9.17) is 5.73 Å². The lowest BCUT2D eigenvalue weighted by atomic mass is 10.2. The van der Waals surface area contributed by atoms with Gasteiger partial charge in [0.2, 0.25) is 11.8 Å². The maximum Gasteiger partial charge on any atom is 0.238 e. The van der Waals surface area contributed by atoms with E-state index in [0.29, 0.717) is 0 Å². The number of carbonyl (C=O) groups is 2. The van der Waals surface area contributed by atoms with E-state index in [-0.39, 0.29) is 24.4 Å². The zero-order valence-corrected chi connectivity index (χ0v) is 13.3. The minimum atomic E-state index is -0.354. The number of carbonyl (C=O) groups excluding carboxylic acids is 2. The summed E-state index contributed by atoms with van der Waals surface area (Å²) >= 11 is 1.62. The predicted octanol–water partition coefficient (Wildman–Crippen LogP) is 1.85. The number of nitrogens with two attached hydrogens (primary N) is 1. The lowest BCUT2D eigenvalue weighted by Gasteiger charge is -2.21. The zero-order valence-electron chi connectivity index (χ0n) is 12.5. The van der Waals surface area contributed by atoms with Crippen LogP contribution in [-0.4, -0.2) is 41.6 Å². The Kier molecular flexibility index (Phi) is 6.03. The Morgan fingerprint density at radius 1 is 1.45 bits per heavy atom. The highest BCUT2D eigenvalue weighted by atomic mass is 32.2. The van der Waals surface area contributed by atoms with E-state index in [1.165, 1.54) is 0 Å². The quantitative estimate of drug-likeness (QED) is 0.594. The highest BCUT2D eigenvalue weighted by Gasteiger charge is 2.30. The normalized spacial score (nSPS) is 18.1. The molecule has 1 atom stereocenters. The lowest BCUT2D eigenvalue weighted by molar-refractivity contribution is -0.123. The van der Waals surface area contributed by atoms with Crippen LogP contribution in [0.4, 0.5) is 5.69 Å². The van der Waals surface area contributed by atoms with E-state index in [1.54, 1.807) is 11.8 Å². The van der Waals surface area contributed by atoms with Gasteiger partial charge in [-0.3, -0.25) is 14.5 Å². The van der Waals surface area contributed by atoms with E-state index in [1.807, 2.05) is 35.2 Å². The lowest BCUT2D eigenvalue weighted by Crippen LogP contribution is -2.43. The number of likely N-dealkylation sites (tertiary alicyclic amines) is 1. The largest absolute Gasteiger partial charge is 0.368 e. The number of rotatable bonds is 7. The highest BCUT2D eigenvalue weighted by molar-refractivity contribution is 7.99. The van der Waals surface area contributed by atoms with Crippen LogP contribution < -0.4 is 11.1 Å². The second kappa shape index (κ2) is 8.00. The summed E-state index contributed by atoms with van der Waals surface area (Å²) in [6.45, 7) is 4.62. The van der Waals surface area contributed by atoms with Gasteiger partial charge < -0.3 is 11.1 Å². The van der Waals surface area contributed by atoms with Crippen molar-refractivity contribution in [3.63, 3.8) is 0 Å². The van der Waals surface area contributed by atoms with Gasteiger partial charge in [-0.1, -0.05) is 18.2 Å². The molecule has 1 aromatic rings. The molecule has 1 aliphatic rings. The summed E-state index contributed by atoms with van der Waals surface area (Å²) < 4.78 is 0. The third kappa shape index (κ3) is 4.35. The molecule has 1 aliphatic heterocycles. The van der Waals surface area contributed by atoms with Gasteiger partial charge in [-0.2, -0.15) is 0 Å². The number of amides is 2. The van der Waals surface area contributed by atoms with Crippen molar-refractivity contribution in [3.8, 4) is 0 Å². The first-order valence-corrected chi connectivity index (χ1v) is 8.26. The third-order valence-corrected chi connectivity index (χ3v) is 4.63. The van der Waals surface area contributed by atoms with Gasteiger partial charge in [-0.05, 0) is 31.5 Å². The van der Waals surface area contributed by atoms with Crippen LogP contribution in [-0.2, 0) is 9.59 Å². The molecule has 1 heterocycles. The number of hydrogen-bond donors (Lipinski definition) is 2. The number of nitrogens with one attached hydrogen (secondary N) is 1. The topological polar surface area (TPSA) is 75.4 Å². The maximum atomic E-state index is 12.2. The number of anilines is 1. The first-order chi connectivity index (χ1) is 10.6. The summed E-state index contributed by atoms with van der Waals surface area (Å²) in [4.78, 5) is 26.4. The smallest absolute Gasteiger partial charge is 0.238 e. The number of nitrogens with zero attached hydrogens (tertiary/aromatic N) is 1. The molecule has 3 N–H and O–H groups in total. The van der Waals surface area contributed by atoms with Gasteiger partial charge in [-0.25, -0.2) is 0 Å². The van der Waals surface area contributed by atoms with Crippen LogP contribution in [0.15, 0.2) is 41.8 Å². The molecule has 2 rings (SSSR count). The number of hydrogen-bond acceptors (Lipinski definition) is 4. The van der Waals surface area contributed by atoms with Crippen molar-refractivity contribution in [2.24, 2.45) is 5.73 Å². The Bertz CT molecular complexity index is 562. The first kappa shape index (κ1) is 16.6. The average Bonchev–Trinajstić information content (AvgIpc) is 2.94. The Balaban J connectivity index is 1.97. The first-order valence-electron chi connectivity index (χ1n) is 7.27. The van der Waals surface area contributed by atoms with Crippen LogP contribution >= 0.6 is 11.8 Å². The molecule has 0 spiro atoms. The molecule has 1 unspecified atom stereocenters. The molecule has 0 saturated carbocycles. The summed E-state index contributed by atoms with van der Waals surface area (Å²) in [5.74, 6) is 0.301. The van der Waals surface area contributed by atoms with Gasteiger partial charge >= 0.3 is 0 Å². The van der Waals surface area contributed by atoms with Gasteiger partial charge in [0.1, 0.15) is 0 Å². The Hall–Kier alpha value is -1.79. The van der Waals surface area contributed by atoms with Crippen molar-refractivity contribution in [2.75, 3.05) is 24.2 Å². The molecule has 0 bridgehead atoms. The summed E-state index contributed by atoms with van der Waals surface area (Å²) in [5, 5.41) is 2.92. The summed E-state index contributed by atoms with van der Waals surface area (Å²) in [6.07, 6.45) is 3.45. The van der Waals surface area contributed by atoms with Gasteiger partial charge in [-0.15, -0.1) is 18.3 Å². The van der Waals surface area contributed by atoms with Crippen molar-refractivity contribution < 1.29 is 9.59 Å². The molecule has 22 heavy (non-hydrogen) atoms. The predicted molar refractivity (Wildman–Crippen MR) is 89.8 cm³/mol. The fourth-order valence-corrected chi connectivity index (χ4v) is 3.30. The second-order valence-electron chi connectivity index (χ2n) is 5.17. The zero-order chi connectivity index (χ0) is 15.9. The second-order valence-corrected chi connectivity index (χ2v) is 6.24. The molecule has 2 amide bonds. The van der Waals surface area contributed by atoms with Gasteiger partial charge in [0, 0.05) is 10.6 Å². The van der Waals surface area contributed by atoms with Gasteiger partial charge in [0.25, 0.3) is 0 Å². The fourth-order valence-electron chi connectivity index (χ4n) is 2.56. The number of thioether (sulfide) groups is 1. The molecule has 0 aromatic heterocycles. The molecule has 1 aromatic carbocycles. The van der Waals surface area contributed by atoms with Crippen molar-refractivity contribution in [2.45, 2.75) is 23.8 Å². The standard InChI is InChI=1S/C16H21N3O2S/c1-2-10-22-14-8-4-3-6-12(14)18-15(20)11-19-9-5-7-13(19)16(17)21/h2-4,6,8,13H,1,5,7,9-11H2,(H2,17,21)(H,18,20). The fraction of sp³-hybridized carbons (Fsp3) is 0.375. The monoisotopic (exact) mass is 319 g/mol. The molecule has 6 heteroatoms. The number of primary amides is 1. The Morgan fingerprint density at radius 2 is 2.23 bits per heavy atom. The van der Waals surface area contributed by atoms with Crippen molar-refractivity contribution in [1.82, 2.24) is 4.90 Å². The SMILES string of the molecule is C=CCSc1ccccc1NC(=O)CN1CCCC1C(N)=O. The van der Waals surface area contributed by atoms with Crippen LogP contribution in [0.25, 0.3) is 0 Å². The number of benzene rings is 1. The average molecular weight is 319 g/mol. The Labute approximate surface area is 134 Å². The van der Waals surface area contributed by atoms with Gasteiger partial charge in [0.15, 0.2) is 0 Å². The highest BCUT2D eigenvalue weighted by Crippen LogP contribution is 2.27. The third-order valence-electron chi connectivity index (χ3n) is 3.56. The molecule has 118 valence electrons. The molecular weight excluding hydrogens is 298 g/mol. The van der Waals surface area contributed by atoms with E-state index in [2.05, 4.69) is 11.9 Å². The van der Waals surface area contributed by atoms with Crippen molar-refractivity contribution >= 4 is 29.3 Å². The number of para-hydroxylation sites is 1. The van der Waals surface area contributed by atoms with Crippen LogP contribution in [0.5, 0.6) is 0 Å². The minimum absolute atomic E-state index is 0.125. The van der Waals surface area contributed by atoms with E-state index >= 15 is 0 Å². The summed E-state index contributed by atoms with van der Waals surface area (Å²) in [5.41, 5.74) is 6.16. The van der Waals surface area contributed by atoms with E-state index in [9.17, 15) is 9.59 Å². The molecule has 1 fully saturated rings. The molecule has 0 aliphatic carbocycles. The molecule has 5 nitrogen and oxygen atoms in total.